The van der Waals surface area contributed by atoms with Gasteiger partial charge in [-0.2, -0.15) is 0 Å². The van der Waals surface area contributed by atoms with Crippen molar-refractivity contribution < 1.29 is 5.11 Å². The predicted octanol–water partition coefficient (Wildman–Crippen LogP) is 2.20. The Labute approximate surface area is 113 Å². The molecule has 4 heteroatoms. The number of benzene rings is 2. The van der Waals surface area contributed by atoms with Crippen LogP contribution in [0.15, 0.2) is 36.4 Å². The first-order valence-electron chi connectivity index (χ1n) is 6.01. The molecule has 1 fully saturated rings. The Kier molecular flexibility index (Phi) is 4.07. The molecule has 1 aliphatic heterocycles. The van der Waals surface area contributed by atoms with Gasteiger partial charge in [0.15, 0.2) is 0 Å². The van der Waals surface area contributed by atoms with Gasteiger partial charge in [0.05, 0.1) is 0 Å². The molecule has 18 heavy (non-hydrogen) atoms. The Balaban J connectivity index is 0.00000120. The van der Waals surface area contributed by atoms with Crippen molar-refractivity contribution in [2.24, 2.45) is 0 Å². The summed E-state index contributed by atoms with van der Waals surface area (Å²) in [7, 11) is 0. The van der Waals surface area contributed by atoms with Crippen molar-refractivity contribution in [2.75, 3.05) is 19.6 Å². The van der Waals surface area contributed by atoms with Crippen molar-refractivity contribution in [1.82, 2.24) is 10.6 Å². The lowest BCUT2D eigenvalue weighted by molar-refractivity contribution is 0.407. The highest BCUT2D eigenvalue weighted by Gasteiger charge is 2.19. The Bertz CT molecular complexity index is 538. The molecule has 96 valence electrons. The first kappa shape index (κ1) is 13.1. The van der Waals surface area contributed by atoms with Crippen LogP contribution in [0, 0.1) is 0 Å². The van der Waals surface area contributed by atoms with E-state index in [1.165, 1.54) is 5.39 Å². The number of hydrogen-bond donors (Lipinski definition) is 3. The molecular formula is C14H17ClN2O. The van der Waals surface area contributed by atoms with E-state index in [0.717, 1.165) is 30.6 Å². The van der Waals surface area contributed by atoms with Gasteiger partial charge in [-0.15, -0.1) is 12.4 Å². The number of phenols is 1. The fraction of sp³-hybridized carbons (Fsp3) is 0.286. The van der Waals surface area contributed by atoms with Crippen LogP contribution in [0.5, 0.6) is 5.75 Å². The van der Waals surface area contributed by atoms with Gasteiger partial charge in [0.1, 0.15) is 5.75 Å². The second kappa shape index (κ2) is 5.57. The average molecular weight is 265 g/mol. The van der Waals surface area contributed by atoms with Crippen molar-refractivity contribution in [1.29, 1.82) is 0 Å². The zero-order chi connectivity index (χ0) is 11.7. The van der Waals surface area contributed by atoms with E-state index in [9.17, 15) is 5.11 Å². The maximum atomic E-state index is 10.1. The molecule has 0 radical (unpaired) electrons. The van der Waals surface area contributed by atoms with Crippen LogP contribution in [-0.2, 0) is 0 Å². The quantitative estimate of drug-likeness (QED) is 0.740. The molecule has 0 bridgehead atoms. The Morgan fingerprint density at radius 1 is 1.06 bits per heavy atom. The summed E-state index contributed by atoms with van der Waals surface area (Å²) in [6.07, 6.45) is 0. The van der Waals surface area contributed by atoms with Crippen LogP contribution in [0.25, 0.3) is 10.8 Å². The summed E-state index contributed by atoms with van der Waals surface area (Å²) in [5.74, 6) is 0.380. The van der Waals surface area contributed by atoms with E-state index in [1.807, 2.05) is 18.2 Å². The number of phenolic OH excluding ortho intramolecular Hbond substituents is 1. The van der Waals surface area contributed by atoms with Crippen LogP contribution in [0.4, 0.5) is 0 Å². The van der Waals surface area contributed by atoms with Gasteiger partial charge in [-0.05, 0) is 16.8 Å². The third kappa shape index (κ3) is 2.29. The lowest BCUT2D eigenvalue weighted by atomic mass is 9.96. The first-order valence-corrected chi connectivity index (χ1v) is 6.01. The second-order valence-corrected chi connectivity index (χ2v) is 4.43. The minimum absolute atomic E-state index is 0. The predicted molar refractivity (Wildman–Crippen MR) is 76.5 cm³/mol. The fourth-order valence-corrected chi connectivity index (χ4v) is 2.51. The number of piperazine rings is 1. The lowest BCUT2D eigenvalue weighted by Gasteiger charge is -2.26. The molecule has 0 aromatic heterocycles. The highest BCUT2D eigenvalue weighted by Crippen LogP contribution is 2.32. The molecule has 1 aliphatic rings. The van der Waals surface area contributed by atoms with Crippen molar-refractivity contribution in [3.63, 3.8) is 0 Å². The highest BCUT2D eigenvalue weighted by molar-refractivity contribution is 5.88. The summed E-state index contributed by atoms with van der Waals surface area (Å²) < 4.78 is 0. The van der Waals surface area contributed by atoms with E-state index in [1.54, 1.807) is 6.07 Å². The number of aromatic hydroxyl groups is 1. The summed E-state index contributed by atoms with van der Waals surface area (Å²) in [6.45, 7) is 2.79. The molecular weight excluding hydrogens is 248 g/mol. The first-order chi connectivity index (χ1) is 8.36. The lowest BCUT2D eigenvalue weighted by Crippen LogP contribution is -2.42. The molecule has 3 N–H and O–H groups in total. The Morgan fingerprint density at radius 2 is 1.89 bits per heavy atom. The summed E-state index contributed by atoms with van der Waals surface area (Å²) in [6, 6.07) is 12.1. The van der Waals surface area contributed by atoms with Gasteiger partial charge in [0.2, 0.25) is 0 Å². The van der Waals surface area contributed by atoms with Crippen molar-refractivity contribution in [3.8, 4) is 5.75 Å². The van der Waals surface area contributed by atoms with Crippen LogP contribution in [-0.4, -0.2) is 24.7 Å². The number of nitrogens with one attached hydrogen (secondary N) is 2. The SMILES string of the molecule is Cl.Oc1ccc2ccccc2c1[C@@H]1CNCCN1. The van der Waals surface area contributed by atoms with Gasteiger partial charge in [-0.1, -0.05) is 30.3 Å². The van der Waals surface area contributed by atoms with Crippen LogP contribution in [0.3, 0.4) is 0 Å². The molecule has 0 amide bonds. The maximum absolute atomic E-state index is 10.1. The van der Waals surface area contributed by atoms with Gasteiger partial charge in [-0.3, -0.25) is 0 Å². The summed E-state index contributed by atoms with van der Waals surface area (Å²) >= 11 is 0. The van der Waals surface area contributed by atoms with Gasteiger partial charge in [-0.25, -0.2) is 0 Å². The molecule has 0 aliphatic carbocycles. The van der Waals surface area contributed by atoms with Crippen LogP contribution in [0.2, 0.25) is 0 Å². The van der Waals surface area contributed by atoms with E-state index >= 15 is 0 Å². The molecule has 0 spiro atoms. The number of rotatable bonds is 1. The highest BCUT2D eigenvalue weighted by atomic mass is 35.5. The Morgan fingerprint density at radius 3 is 2.67 bits per heavy atom. The summed E-state index contributed by atoms with van der Waals surface area (Å²) in [5, 5.41) is 19.2. The summed E-state index contributed by atoms with van der Waals surface area (Å²) in [4.78, 5) is 0. The summed E-state index contributed by atoms with van der Waals surface area (Å²) in [5.41, 5.74) is 1.01. The monoisotopic (exact) mass is 264 g/mol. The number of halogens is 1. The zero-order valence-corrected chi connectivity index (χ0v) is 10.8. The third-order valence-electron chi connectivity index (χ3n) is 3.34. The van der Waals surface area contributed by atoms with Crippen molar-refractivity contribution in [2.45, 2.75) is 6.04 Å². The average Bonchev–Trinajstić information content (AvgIpc) is 2.39. The van der Waals surface area contributed by atoms with E-state index in [4.69, 9.17) is 0 Å². The van der Waals surface area contributed by atoms with Gasteiger partial charge >= 0.3 is 0 Å². The molecule has 2 aromatic rings. The minimum atomic E-state index is 0. The minimum Gasteiger partial charge on any atom is -0.508 e. The van der Waals surface area contributed by atoms with E-state index in [-0.39, 0.29) is 18.4 Å². The third-order valence-corrected chi connectivity index (χ3v) is 3.34. The molecule has 1 heterocycles. The molecule has 0 saturated carbocycles. The normalized spacial score (nSPS) is 19.4. The zero-order valence-electron chi connectivity index (χ0n) is 10.0. The molecule has 3 nitrogen and oxygen atoms in total. The molecule has 1 saturated heterocycles. The van der Waals surface area contributed by atoms with Crippen molar-refractivity contribution >= 4 is 23.2 Å². The second-order valence-electron chi connectivity index (χ2n) is 4.43. The molecule has 1 atom stereocenters. The standard InChI is InChI=1S/C14H16N2O.ClH/c17-13-6-5-10-3-1-2-4-11(10)14(13)12-9-15-7-8-16-12;/h1-6,12,15-17H,7-9H2;1H/t12-;/m0./s1. The van der Waals surface area contributed by atoms with Gasteiger partial charge < -0.3 is 15.7 Å². The van der Waals surface area contributed by atoms with E-state index < -0.39 is 0 Å². The van der Waals surface area contributed by atoms with Gasteiger partial charge in [0.25, 0.3) is 0 Å². The van der Waals surface area contributed by atoms with Crippen LogP contribution < -0.4 is 10.6 Å². The molecule has 0 unspecified atom stereocenters. The molecule has 2 aromatic carbocycles. The van der Waals surface area contributed by atoms with Gasteiger partial charge in [0, 0.05) is 31.2 Å². The van der Waals surface area contributed by atoms with Crippen molar-refractivity contribution in [3.05, 3.63) is 42.0 Å². The Hall–Kier alpha value is -1.29. The smallest absolute Gasteiger partial charge is 0.121 e. The topological polar surface area (TPSA) is 44.3 Å². The maximum Gasteiger partial charge on any atom is 0.121 e. The van der Waals surface area contributed by atoms with Crippen LogP contribution in [0.1, 0.15) is 11.6 Å². The number of hydrogen-bond acceptors (Lipinski definition) is 3. The molecule has 3 rings (SSSR count). The van der Waals surface area contributed by atoms with E-state index in [2.05, 4.69) is 22.8 Å². The fourth-order valence-electron chi connectivity index (χ4n) is 2.51. The van der Waals surface area contributed by atoms with E-state index in [0.29, 0.717) is 5.75 Å². The van der Waals surface area contributed by atoms with Crippen LogP contribution >= 0.6 is 12.4 Å². The number of fused-ring (bicyclic) bond motifs is 1. The largest absolute Gasteiger partial charge is 0.508 e.